The van der Waals surface area contributed by atoms with Crippen molar-refractivity contribution in [2.75, 3.05) is 6.54 Å². The summed E-state index contributed by atoms with van der Waals surface area (Å²) < 4.78 is 12.8. The lowest BCUT2D eigenvalue weighted by Gasteiger charge is -2.24. The molecule has 4 N–H and O–H groups in total. The summed E-state index contributed by atoms with van der Waals surface area (Å²) in [5, 5.41) is 15.2. The summed E-state index contributed by atoms with van der Waals surface area (Å²) >= 11 is 0. The number of rotatable bonds is 7. The van der Waals surface area contributed by atoms with Gasteiger partial charge in [0.1, 0.15) is 11.7 Å². The molecule has 1 rings (SSSR count). The van der Waals surface area contributed by atoms with Gasteiger partial charge in [-0.2, -0.15) is 0 Å². The number of amidine groups is 1. The molecule has 0 aliphatic carbocycles. The van der Waals surface area contributed by atoms with Gasteiger partial charge in [0.2, 0.25) is 0 Å². The highest BCUT2D eigenvalue weighted by molar-refractivity contribution is 5.85. The maximum atomic E-state index is 12.8. The van der Waals surface area contributed by atoms with Gasteiger partial charge >= 0.3 is 0 Å². The predicted molar refractivity (Wildman–Crippen MR) is 79.4 cm³/mol. The smallest absolute Gasteiger partial charge is 0.144 e. The van der Waals surface area contributed by atoms with Crippen LogP contribution in [-0.2, 0) is 6.42 Å². The zero-order valence-electron chi connectivity index (χ0n) is 12.4. The summed E-state index contributed by atoms with van der Waals surface area (Å²) in [6.45, 7) is 6.73. The molecule has 0 saturated heterocycles. The lowest BCUT2D eigenvalue weighted by molar-refractivity contribution is 0.304. The Kier molecular flexibility index (Phi) is 5.95. The number of nitrogens with one attached hydrogen (secondary N) is 1. The fourth-order valence-electron chi connectivity index (χ4n) is 1.94. The van der Waals surface area contributed by atoms with E-state index in [4.69, 9.17) is 10.9 Å². The van der Waals surface area contributed by atoms with E-state index in [-0.39, 0.29) is 23.1 Å². The SMILES string of the molecule is CC(Cc1ccc(F)cc1)NCCC(C)(C)C(N)=NO. The highest BCUT2D eigenvalue weighted by Crippen LogP contribution is 2.19. The zero-order valence-corrected chi connectivity index (χ0v) is 12.4. The van der Waals surface area contributed by atoms with Crippen molar-refractivity contribution in [3.63, 3.8) is 0 Å². The second-order valence-electron chi connectivity index (χ2n) is 5.80. The number of benzene rings is 1. The zero-order chi connectivity index (χ0) is 15.2. The Morgan fingerprint density at radius 2 is 2.00 bits per heavy atom. The highest BCUT2D eigenvalue weighted by atomic mass is 19.1. The largest absolute Gasteiger partial charge is 0.409 e. The first-order valence-corrected chi connectivity index (χ1v) is 6.81. The average molecular weight is 281 g/mol. The Hall–Kier alpha value is -1.62. The molecule has 1 atom stereocenters. The highest BCUT2D eigenvalue weighted by Gasteiger charge is 2.23. The molecule has 0 aliphatic heterocycles. The van der Waals surface area contributed by atoms with Gasteiger partial charge in [0.05, 0.1) is 0 Å². The minimum absolute atomic E-state index is 0.213. The van der Waals surface area contributed by atoms with Crippen LogP contribution in [0.1, 0.15) is 32.8 Å². The number of oxime groups is 1. The van der Waals surface area contributed by atoms with E-state index >= 15 is 0 Å². The van der Waals surface area contributed by atoms with E-state index in [1.54, 1.807) is 12.1 Å². The lowest BCUT2D eigenvalue weighted by atomic mass is 9.88. The molecule has 0 fully saturated rings. The molecular weight excluding hydrogens is 257 g/mol. The second-order valence-corrected chi connectivity index (χ2v) is 5.80. The number of nitrogens with zero attached hydrogens (tertiary/aromatic N) is 1. The van der Waals surface area contributed by atoms with Crippen LogP contribution in [0, 0.1) is 11.2 Å². The van der Waals surface area contributed by atoms with E-state index in [1.165, 1.54) is 12.1 Å². The van der Waals surface area contributed by atoms with Crippen LogP contribution in [0.15, 0.2) is 29.4 Å². The molecule has 0 spiro atoms. The molecular formula is C15H24FN3O. The molecule has 0 aromatic heterocycles. The summed E-state index contributed by atoms with van der Waals surface area (Å²) in [6, 6.07) is 6.83. The quantitative estimate of drug-likeness (QED) is 0.311. The molecule has 1 aromatic carbocycles. The lowest BCUT2D eigenvalue weighted by Crippen LogP contribution is -2.37. The summed E-state index contributed by atoms with van der Waals surface area (Å²) in [7, 11) is 0. The Bertz CT molecular complexity index is 443. The molecule has 1 aromatic rings. The maximum Gasteiger partial charge on any atom is 0.144 e. The maximum absolute atomic E-state index is 12.8. The third-order valence-corrected chi connectivity index (χ3v) is 3.50. The predicted octanol–water partition coefficient (Wildman–Crippen LogP) is 2.51. The summed E-state index contributed by atoms with van der Waals surface area (Å²) in [4.78, 5) is 0. The molecule has 0 aliphatic rings. The second kappa shape index (κ2) is 7.24. The minimum atomic E-state index is -0.336. The van der Waals surface area contributed by atoms with Gasteiger partial charge in [-0.05, 0) is 44.0 Å². The standard InChI is InChI=1S/C15H24FN3O/c1-11(10-12-4-6-13(16)7-5-12)18-9-8-15(2,3)14(17)19-20/h4-7,11,18,20H,8-10H2,1-3H3,(H2,17,19). The fraction of sp³-hybridized carbons (Fsp3) is 0.533. The van der Waals surface area contributed by atoms with Crippen molar-refractivity contribution < 1.29 is 9.60 Å². The van der Waals surface area contributed by atoms with Crippen molar-refractivity contribution in [3.05, 3.63) is 35.6 Å². The normalized spacial score (nSPS) is 14.3. The summed E-state index contributed by atoms with van der Waals surface area (Å²) in [5.41, 5.74) is 6.41. The molecule has 0 amide bonds. The van der Waals surface area contributed by atoms with Crippen molar-refractivity contribution >= 4 is 5.84 Å². The van der Waals surface area contributed by atoms with E-state index in [0.29, 0.717) is 0 Å². The van der Waals surface area contributed by atoms with Gasteiger partial charge in [0.15, 0.2) is 0 Å². The first-order chi connectivity index (χ1) is 9.35. The number of halogens is 1. The molecule has 0 bridgehead atoms. The minimum Gasteiger partial charge on any atom is -0.409 e. The molecule has 0 saturated carbocycles. The molecule has 112 valence electrons. The summed E-state index contributed by atoms with van der Waals surface area (Å²) in [5.74, 6) is 0.0281. The summed E-state index contributed by atoms with van der Waals surface area (Å²) in [6.07, 6.45) is 1.61. The average Bonchev–Trinajstić information content (AvgIpc) is 2.40. The molecule has 1 unspecified atom stereocenters. The monoisotopic (exact) mass is 281 g/mol. The Balaban J connectivity index is 2.37. The van der Waals surface area contributed by atoms with Gasteiger partial charge in [-0.1, -0.05) is 31.1 Å². The van der Waals surface area contributed by atoms with Crippen LogP contribution in [-0.4, -0.2) is 23.6 Å². The fourth-order valence-corrected chi connectivity index (χ4v) is 1.94. The van der Waals surface area contributed by atoms with E-state index in [2.05, 4.69) is 17.4 Å². The van der Waals surface area contributed by atoms with Crippen molar-refractivity contribution in [3.8, 4) is 0 Å². The first kappa shape index (κ1) is 16.4. The molecule has 4 nitrogen and oxygen atoms in total. The Labute approximate surface area is 119 Å². The first-order valence-electron chi connectivity index (χ1n) is 6.81. The Morgan fingerprint density at radius 3 is 2.55 bits per heavy atom. The van der Waals surface area contributed by atoms with Crippen molar-refractivity contribution in [2.24, 2.45) is 16.3 Å². The van der Waals surface area contributed by atoms with E-state index in [9.17, 15) is 4.39 Å². The van der Waals surface area contributed by atoms with Crippen LogP contribution in [0.25, 0.3) is 0 Å². The van der Waals surface area contributed by atoms with Gasteiger partial charge in [-0.3, -0.25) is 0 Å². The van der Waals surface area contributed by atoms with E-state index in [1.807, 2.05) is 13.8 Å². The number of nitrogens with two attached hydrogens (primary N) is 1. The number of hydrogen-bond acceptors (Lipinski definition) is 3. The van der Waals surface area contributed by atoms with Gasteiger partial charge in [0.25, 0.3) is 0 Å². The van der Waals surface area contributed by atoms with E-state index < -0.39 is 0 Å². The number of hydrogen-bond donors (Lipinski definition) is 3. The third-order valence-electron chi connectivity index (χ3n) is 3.50. The van der Waals surface area contributed by atoms with Crippen LogP contribution in [0.5, 0.6) is 0 Å². The van der Waals surface area contributed by atoms with Gasteiger partial charge in [0, 0.05) is 11.5 Å². The van der Waals surface area contributed by atoms with Crippen molar-refractivity contribution in [1.29, 1.82) is 0 Å². The van der Waals surface area contributed by atoms with Crippen LogP contribution >= 0.6 is 0 Å². The van der Waals surface area contributed by atoms with E-state index in [0.717, 1.165) is 24.9 Å². The van der Waals surface area contributed by atoms with Crippen LogP contribution in [0.4, 0.5) is 4.39 Å². The van der Waals surface area contributed by atoms with Crippen molar-refractivity contribution in [1.82, 2.24) is 5.32 Å². The topological polar surface area (TPSA) is 70.6 Å². The molecule has 20 heavy (non-hydrogen) atoms. The van der Waals surface area contributed by atoms with Crippen LogP contribution < -0.4 is 11.1 Å². The van der Waals surface area contributed by atoms with Gasteiger partial charge in [-0.15, -0.1) is 0 Å². The van der Waals surface area contributed by atoms with Gasteiger partial charge in [-0.25, -0.2) is 4.39 Å². The van der Waals surface area contributed by atoms with Crippen LogP contribution in [0.2, 0.25) is 0 Å². The molecule has 0 radical (unpaired) electrons. The van der Waals surface area contributed by atoms with Crippen molar-refractivity contribution in [2.45, 2.75) is 39.7 Å². The molecule has 5 heteroatoms. The van der Waals surface area contributed by atoms with Gasteiger partial charge < -0.3 is 16.3 Å². The molecule has 0 heterocycles. The Morgan fingerprint density at radius 1 is 1.40 bits per heavy atom. The van der Waals surface area contributed by atoms with Crippen LogP contribution in [0.3, 0.4) is 0 Å². The third kappa shape index (κ3) is 5.17.